The summed E-state index contributed by atoms with van der Waals surface area (Å²) in [4.78, 5) is 2.25. The zero-order valence-corrected chi connectivity index (χ0v) is 11.9. The lowest BCUT2D eigenvalue weighted by molar-refractivity contribution is -0.173. The summed E-state index contributed by atoms with van der Waals surface area (Å²) in [7, 11) is 0. The van der Waals surface area contributed by atoms with Gasteiger partial charge in [0.05, 0.1) is 0 Å². The van der Waals surface area contributed by atoms with Crippen molar-refractivity contribution < 1.29 is 17.9 Å². The molecule has 21 heavy (non-hydrogen) atoms. The van der Waals surface area contributed by atoms with Crippen LogP contribution in [0.25, 0.3) is 0 Å². The lowest BCUT2D eigenvalue weighted by Crippen LogP contribution is -2.28. The van der Waals surface area contributed by atoms with Gasteiger partial charge in [-0.3, -0.25) is 0 Å². The molecule has 0 saturated heterocycles. The minimum Gasteiger partial charge on any atom is -0.372 e. The Morgan fingerprint density at radius 2 is 1.86 bits per heavy atom. The molecule has 1 aromatic carbocycles. The third-order valence-corrected chi connectivity index (χ3v) is 3.44. The number of nitrogens with two attached hydrogens (primary N) is 1. The average Bonchev–Trinajstić information content (AvgIpc) is 3.26. The molecule has 1 aliphatic carbocycles. The van der Waals surface area contributed by atoms with Crippen LogP contribution in [0.5, 0.6) is 0 Å². The van der Waals surface area contributed by atoms with Gasteiger partial charge in [-0.15, -0.1) is 0 Å². The van der Waals surface area contributed by atoms with Crippen LogP contribution in [0, 0.1) is 0 Å². The van der Waals surface area contributed by atoms with Crippen molar-refractivity contribution in [3.8, 4) is 0 Å². The summed E-state index contributed by atoms with van der Waals surface area (Å²) in [6.07, 6.45) is -1.37. The summed E-state index contributed by atoms with van der Waals surface area (Å²) >= 11 is 0. The van der Waals surface area contributed by atoms with Gasteiger partial charge in [0.25, 0.3) is 0 Å². The predicted molar refractivity (Wildman–Crippen MR) is 76.2 cm³/mol. The molecule has 1 aliphatic rings. The lowest BCUT2D eigenvalue weighted by Gasteiger charge is -2.25. The van der Waals surface area contributed by atoms with Gasteiger partial charge >= 0.3 is 6.18 Å². The Morgan fingerprint density at radius 3 is 2.38 bits per heavy atom. The second-order valence-corrected chi connectivity index (χ2v) is 5.32. The molecular formula is C15H21F3N2O. The number of alkyl halides is 3. The van der Waals surface area contributed by atoms with Crippen molar-refractivity contribution in [2.75, 3.05) is 24.7 Å². The molecule has 1 saturated carbocycles. The van der Waals surface area contributed by atoms with Crippen LogP contribution in [0.15, 0.2) is 24.3 Å². The number of hydrogen-bond donors (Lipinski definition) is 1. The monoisotopic (exact) mass is 302 g/mol. The van der Waals surface area contributed by atoms with E-state index >= 15 is 0 Å². The lowest BCUT2D eigenvalue weighted by atomic mass is 10.2. The molecule has 118 valence electrons. The Hall–Kier alpha value is -1.27. The Balaban J connectivity index is 1.79. The predicted octanol–water partition coefficient (Wildman–Crippen LogP) is 3.08. The fourth-order valence-electron chi connectivity index (χ4n) is 2.26. The van der Waals surface area contributed by atoms with Crippen LogP contribution in [0.4, 0.5) is 18.9 Å². The maximum atomic E-state index is 12.0. The van der Waals surface area contributed by atoms with Crippen molar-refractivity contribution in [3.63, 3.8) is 0 Å². The van der Waals surface area contributed by atoms with Crippen molar-refractivity contribution in [1.82, 2.24) is 0 Å². The van der Waals surface area contributed by atoms with E-state index in [1.165, 1.54) is 0 Å². The van der Waals surface area contributed by atoms with Gasteiger partial charge in [-0.05, 0) is 37.0 Å². The van der Waals surface area contributed by atoms with Crippen molar-refractivity contribution in [2.24, 2.45) is 5.73 Å². The molecule has 2 rings (SSSR count). The highest BCUT2D eigenvalue weighted by Crippen LogP contribution is 2.31. The molecule has 0 radical (unpaired) electrons. The summed E-state index contributed by atoms with van der Waals surface area (Å²) in [5.41, 5.74) is 7.75. The first-order valence-corrected chi connectivity index (χ1v) is 7.20. The summed E-state index contributed by atoms with van der Waals surface area (Å²) < 4.78 is 40.6. The first kappa shape index (κ1) is 16.1. The number of halogens is 3. The second-order valence-electron chi connectivity index (χ2n) is 5.32. The van der Waals surface area contributed by atoms with E-state index in [1.54, 1.807) is 0 Å². The molecule has 0 spiro atoms. The van der Waals surface area contributed by atoms with Gasteiger partial charge in [0.1, 0.15) is 6.61 Å². The van der Waals surface area contributed by atoms with Crippen LogP contribution in [0.3, 0.4) is 0 Å². The van der Waals surface area contributed by atoms with Gasteiger partial charge in [0, 0.05) is 31.4 Å². The zero-order chi connectivity index (χ0) is 15.3. The van der Waals surface area contributed by atoms with E-state index in [4.69, 9.17) is 5.73 Å². The van der Waals surface area contributed by atoms with E-state index in [1.807, 2.05) is 24.3 Å². The third-order valence-electron chi connectivity index (χ3n) is 3.44. The summed E-state index contributed by atoms with van der Waals surface area (Å²) in [6, 6.07) is 8.54. The average molecular weight is 302 g/mol. The first-order valence-electron chi connectivity index (χ1n) is 7.20. The number of benzene rings is 1. The van der Waals surface area contributed by atoms with Gasteiger partial charge in [0.15, 0.2) is 0 Å². The number of anilines is 1. The van der Waals surface area contributed by atoms with Crippen LogP contribution in [0.1, 0.15) is 24.8 Å². The number of nitrogens with zero attached hydrogens (tertiary/aromatic N) is 1. The minimum atomic E-state index is -4.24. The molecule has 0 atom stereocenters. The summed E-state index contributed by atoms with van der Waals surface area (Å²) in [6.45, 7) is 0.185. The molecule has 0 unspecified atom stereocenters. The van der Waals surface area contributed by atoms with Crippen LogP contribution < -0.4 is 10.6 Å². The highest BCUT2D eigenvalue weighted by molar-refractivity contribution is 5.49. The van der Waals surface area contributed by atoms with Gasteiger partial charge in [-0.25, -0.2) is 0 Å². The van der Waals surface area contributed by atoms with Gasteiger partial charge in [0.2, 0.25) is 0 Å². The van der Waals surface area contributed by atoms with Crippen LogP contribution in [0.2, 0.25) is 0 Å². The third kappa shape index (κ3) is 5.55. The van der Waals surface area contributed by atoms with E-state index in [2.05, 4.69) is 9.64 Å². The van der Waals surface area contributed by atoms with E-state index < -0.39 is 12.8 Å². The Bertz CT molecular complexity index is 430. The fraction of sp³-hybridized carbons (Fsp3) is 0.600. The maximum absolute atomic E-state index is 12.0. The quantitative estimate of drug-likeness (QED) is 0.750. The van der Waals surface area contributed by atoms with Crippen LogP contribution in [-0.2, 0) is 11.3 Å². The highest BCUT2D eigenvalue weighted by Gasteiger charge is 2.29. The fourth-order valence-corrected chi connectivity index (χ4v) is 2.26. The largest absolute Gasteiger partial charge is 0.411 e. The minimum absolute atomic E-state index is 0.129. The van der Waals surface area contributed by atoms with Gasteiger partial charge < -0.3 is 15.4 Å². The number of hydrogen-bond acceptors (Lipinski definition) is 3. The van der Waals surface area contributed by atoms with E-state index in [-0.39, 0.29) is 6.61 Å². The molecule has 1 aromatic rings. The molecule has 2 N–H and O–H groups in total. The SMILES string of the molecule is NCc1ccc(N(CCCOCC(F)(F)F)C2CC2)cc1. The molecule has 3 nitrogen and oxygen atoms in total. The second kappa shape index (κ2) is 7.13. The maximum Gasteiger partial charge on any atom is 0.411 e. The zero-order valence-electron chi connectivity index (χ0n) is 11.9. The molecule has 0 aromatic heterocycles. The van der Waals surface area contributed by atoms with Crippen LogP contribution >= 0.6 is 0 Å². The van der Waals surface area contributed by atoms with Crippen LogP contribution in [-0.4, -0.2) is 32.0 Å². The topological polar surface area (TPSA) is 38.5 Å². The van der Waals surface area contributed by atoms with E-state index in [9.17, 15) is 13.2 Å². The number of rotatable bonds is 8. The molecule has 0 amide bonds. The Labute approximate surface area is 122 Å². The van der Waals surface area contributed by atoms with Gasteiger partial charge in [-0.1, -0.05) is 12.1 Å². The molecular weight excluding hydrogens is 281 g/mol. The van der Waals surface area contributed by atoms with Crippen molar-refractivity contribution in [3.05, 3.63) is 29.8 Å². The normalized spacial score (nSPS) is 15.2. The molecule has 0 bridgehead atoms. The summed E-state index contributed by atoms with van der Waals surface area (Å²) in [5, 5.41) is 0. The Morgan fingerprint density at radius 1 is 1.19 bits per heavy atom. The standard InChI is InChI=1S/C15H21F3N2O/c16-15(17,18)11-21-9-1-8-20(14-6-7-14)13-4-2-12(10-19)3-5-13/h2-5,14H,1,6-11,19H2. The van der Waals surface area contributed by atoms with Crippen molar-refractivity contribution in [2.45, 2.75) is 38.0 Å². The highest BCUT2D eigenvalue weighted by atomic mass is 19.4. The first-order chi connectivity index (χ1) is 9.99. The molecule has 0 aliphatic heterocycles. The number of ether oxygens (including phenoxy) is 1. The van der Waals surface area contributed by atoms with E-state index in [0.29, 0.717) is 25.6 Å². The van der Waals surface area contributed by atoms with Crippen molar-refractivity contribution >= 4 is 5.69 Å². The molecule has 1 fully saturated rings. The summed E-state index contributed by atoms with van der Waals surface area (Å²) in [5.74, 6) is 0. The van der Waals surface area contributed by atoms with E-state index in [0.717, 1.165) is 24.1 Å². The Kier molecular flexibility index (Phi) is 5.47. The molecule has 6 heteroatoms. The van der Waals surface area contributed by atoms with Crippen molar-refractivity contribution in [1.29, 1.82) is 0 Å². The molecule has 0 heterocycles. The smallest absolute Gasteiger partial charge is 0.372 e. The van der Waals surface area contributed by atoms with Gasteiger partial charge in [-0.2, -0.15) is 13.2 Å².